The number of benzene rings is 2. The van der Waals surface area contributed by atoms with Gasteiger partial charge in [-0.3, -0.25) is 14.6 Å². The van der Waals surface area contributed by atoms with Crippen molar-refractivity contribution in [2.75, 3.05) is 57.2 Å². The van der Waals surface area contributed by atoms with Gasteiger partial charge >= 0.3 is 0 Å². The van der Waals surface area contributed by atoms with Gasteiger partial charge in [0.05, 0.1) is 41.2 Å². The minimum Gasteiger partial charge on any atom is -0.497 e. The van der Waals surface area contributed by atoms with Gasteiger partial charge in [-0.1, -0.05) is 18.3 Å². The van der Waals surface area contributed by atoms with Crippen molar-refractivity contribution in [2.24, 2.45) is 0 Å². The first kappa shape index (κ1) is 23.6. The predicted octanol–water partition coefficient (Wildman–Crippen LogP) is 3.08. The first-order valence-electron chi connectivity index (χ1n) is 10.8. The second kappa shape index (κ2) is 10.2. The lowest BCUT2D eigenvalue weighted by Gasteiger charge is -2.29. The molecule has 1 saturated heterocycles. The molecule has 176 valence electrons. The topological polar surface area (TPSA) is 89.0 Å². The summed E-state index contributed by atoms with van der Waals surface area (Å²) in [6.45, 7) is 5.76. The normalized spacial score (nSPS) is 15.0. The number of rotatable bonds is 8. The van der Waals surface area contributed by atoms with Gasteiger partial charge in [-0.25, -0.2) is 13.4 Å². The lowest BCUT2D eigenvalue weighted by Crippen LogP contribution is -2.43. The fourth-order valence-corrected chi connectivity index (χ4v) is 5.52. The van der Waals surface area contributed by atoms with Gasteiger partial charge in [0, 0.05) is 31.7 Å². The summed E-state index contributed by atoms with van der Waals surface area (Å²) in [5.41, 5.74) is 1.22. The molecule has 1 amide bonds. The molecule has 0 bridgehead atoms. The third-order valence-electron chi connectivity index (χ3n) is 5.64. The Labute approximate surface area is 197 Å². The van der Waals surface area contributed by atoms with Crippen molar-refractivity contribution in [1.82, 2.24) is 9.88 Å². The van der Waals surface area contributed by atoms with E-state index in [0.29, 0.717) is 37.0 Å². The van der Waals surface area contributed by atoms with Crippen LogP contribution in [0.15, 0.2) is 47.4 Å². The van der Waals surface area contributed by atoms with Gasteiger partial charge < -0.3 is 9.47 Å². The molecule has 1 fully saturated rings. The Kier molecular flexibility index (Phi) is 7.28. The van der Waals surface area contributed by atoms with Crippen molar-refractivity contribution >= 4 is 42.4 Å². The van der Waals surface area contributed by atoms with E-state index in [9.17, 15) is 13.2 Å². The van der Waals surface area contributed by atoms with Crippen LogP contribution in [-0.2, 0) is 14.6 Å². The monoisotopic (exact) mass is 489 g/mol. The van der Waals surface area contributed by atoms with Gasteiger partial charge in [-0.15, -0.1) is 0 Å². The van der Waals surface area contributed by atoms with Crippen LogP contribution in [0.5, 0.6) is 5.75 Å². The fourth-order valence-electron chi connectivity index (χ4n) is 3.61. The first-order chi connectivity index (χ1) is 15.9. The molecule has 0 radical (unpaired) electrons. The number of anilines is 1. The summed E-state index contributed by atoms with van der Waals surface area (Å²) >= 11 is 1.43. The average molecular weight is 490 g/mol. The maximum absolute atomic E-state index is 13.5. The summed E-state index contributed by atoms with van der Waals surface area (Å²) in [7, 11) is -1.71. The van der Waals surface area contributed by atoms with E-state index in [0.717, 1.165) is 29.1 Å². The largest absolute Gasteiger partial charge is 0.497 e. The molecule has 10 heteroatoms. The Morgan fingerprint density at radius 2 is 1.91 bits per heavy atom. The minimum absolute atomic E-state index is 0.0150. The van der Waals surface area contributed by atoms with E-state index in [1.807, 2.05) is 18.2 Å². The number of nitrogens with zero attached hydrogens (tertiary/aromatic N) is 3. The zero-order valence-electron chi connectivity index (χ0n) is 18.7. The second-order valence-corrected chi connectivity index (χ2v) is 11.0. The Balaban J connectivity index is 1.63. The van der Waals surface area contributed by atoms with E-state index in [4.69, 9.17) is 14.5 Å². The van der Waals surface area contributed by atoms with E-state index in [-0.39, 0.29) is 16.6 Å². The predicted molar refractivity (Wildman–Crippen MR) is 129 cm³/mol. The van der Waals surface area contributed by atoms with Gasteiger partial charge in [0.2, 0.25) is 0 Å². The van der Waals surface area contributed by atoms with Crippen molar-refractivity contribution in [1.29, 1.82) is 0 Å². The van der Waals surface area contributed by atoms with Crippen LogP contribution in [0.4, 0.5) is 5.13 Å². The zero-order chi connectivity index (χ0) is 23.4. The number of ether oxygens (including phenoxy) is 2. The molecule has 0 atom stereocenters. The highest BCUT2D eigenvalue weighted by Crippen LogP contribution is 2.32. The second-order valence-electron chi connectivity index (χ2n) is 7.67. The lowest BCUT2D eigenvalue weighted by molar-refractivity contribution is 0.0391. The van der Waals surface area contributed by atoms with Crippen LogP contribution in [0.1, 0.15) is 17.3 Å². The van der Waals surface area contributed by atoms with Crippen LogP contribution in [0.25, 0.3) is 10.2 Å². The van der Waals surface area contributed by atoms with Crippen molar-refractivity contribution in [3.63, 3.8) is 0 Å². The van der Waals surface area contributed by atoms with E-state index in [2.05, 4.69) is 4.90 Å². The Morgan fingerprint density at radius 1 is 1.18 bits per heavy atom. The maximum Gasteiger partial charge on any atom is 0.260 e. The number of amides is 1. The Bertz CT molecular complexity index is 1220. The molecule has 3 aromatic rings. The van der Waals surface area contributed by atoms with Crippen LogP contribution in [-0.4, -0.2) is 76.5 Å². The molecule has 0 aliphatic carbocycles. The molecule has 2 aromatic carbocycles. The summed E-state index contributed by atoms with van der Waals surface area (Å²) in [4.78, 5) is 22.4. The van der Waals surface area contributed by atoms with E-state index >= 15 is 0 Å². The Morgan fingerprint density at radius 3 is 2.58 bits per heavy atom. The van der Waals surface area contributed by atoms with Crippen LogP contribution in [0.3, 0.4) is 0 Å². The third-order valence-corrected chi connectivity index (χ3v) is 8.44. The molecular weight excluding hydrogens is 462 g/mol. The summed E-state index contributed by atoms with van der Waals surface area (Å²) in [5, 5.41) is 0.599. The molecule has 1 aromatic heterocycles. The molecule has 0 saturated carbocycles. The van der Waals surface area contributed by atoms with Gasteiger partial charge in [-0.05, 0) is 42.5 Å². The summed E-state index contributed by atoms with van der Waals surface area (Å²) in [6, 6.07) is 11.8. The summed E-state index contributed by atoms with van der Waals surface area (Å²) in [5.74, 6) is 0.535. The summed E-state index contributed by atoms with van der Waals surface area (Å²) < 4.78 is 35.9. The Hall–Kier alpha value is -2.53. The third kappa shape index (κ3) is 5.35. The van der Waals surface area contributed by atoms with Gasteiger partial charge in [0.15, 0.2) is 15.0 Å². The molecule has 1 aliphatic heterocycles. The summed E-state index contributed by atoms with van der Waals surface area (Å²) in [6.07, 6.45) is 0. The van der Waals surface area contributed by atoms with Crippen LogP contribution < -0.4 is 9.64 Å². The van der Waals surface area contributed by atoms with Crippen LogP contribution in [0, 0.1) is 0 Å². The molecular formula is C23H27N3O5S2. The number of carbonyl (C=O) groups is 1. The van der Waals surface area contributed by atoms with Crippen molar-refractivity contribution in [3.8, 4) is 5.75 Å². The molecule has 1 aliphatic rings. The van der Waals surface area contributed by atoms with E-state index in [1.165, 1.54) is 23.5 Å². The number of thiazole rings is 1. The highest BCUT2D eigenvalue weighted by Gasteiger charge is 2.23. The van der Waals surface area contributed by atoms with Crippen molar-refractivity contribution < 1.29 is 22.7 Å². The average Bonchev–Trinajstić information content (AvgIpc) is 3.27. The van der Waals surface area contributed by atoms with E-state index < -0.39 is 9.84 Å². The number of methoxy groups -OCH3 is 1. The molecule has 2 heterocycles. The number of sulfone groups is 1. The van der Waals surface area contributed by atoms with Crippen LogP contribution in [0.2, 0.25) is 0 Å². The zero-order valence-corrected chi connectivity index (χ0v) is 20.3. The first-order valence-corrected chi connectivity index (χ1v) is 13.3. The maximum atomic E-state index is 13.5. The van der Waals surface area contributed by atoms with E-state index in [1.54, 1.807) is 31.1 Å². The van der Waals surface area contributed by atoms with Gasteiger partial charge in [0.25, 0.3) is 5.91 Å². The van der Waals surface area contributed by atoms with Crippen LogP contribution >= 0.6 is 11.3 Å². The van der Waals surface area contributed by atoms with Gasteiger partial charge in [0.1, 0.15) is 5.75 Å². The quantitative estimate of drug-likeness (QED) is 0.480. The molecule has 0 spiro atoms. The SMILES string of the molecule is CCS(=O)(=O)c1ccc(C(=O)N(CCN2CCOCC2)c2nc3ccc(OC)cc3s2)cc1. The molecule has 4 rings (SSSR count). The molecule has 0 N–H and O–H groups in total. The van der Waals surface area contributed by atoms with Gasteiger partial charge in [-0.2, -0.15) is 0 Å². The fraction of sp³-hybridized carbons (Fsp3) is 0.391. The van der Waals surface area contributed by atoms with Crippen molar-refractivity contribution in [2.45, 2.75) is 11.8 Å². The molecule has 8 nitrogen and oxygen atoms in total. The van der Waals surface area contributed by atoms with Crippen molar-refractivity contribution in [3.05, 3.63) is 48.0 Å². The number of morpholine rings is 1. The smallest absolute Gasteiger partial charge is 0.260 e. The number of aromatic nitrogens is 1. The standard InChI is InChI=1S/C23H27N3O5S2/c1-3-33(28,29)19-7-4-17(5-8-19)22(27)26(11-10-25-12-14-31-15-13-25)23-24-20-9-6-18(30-2)16-21(20)32-23/h4-9,16H,3,10-15H2,1-2H3. The lowest BCUT2D eigenvalue weighted by atomic mass is 10.2. The number of carbonyl (C=O) groups excluding carboxylic acids is 1. The molecule has 33 heavy (non-hydrogen) atoms. The molecule has 0 unspecified atom stereocenters. The number of fused-ring (bicyclic) bond motifs is 1. The highest BCUT2D eigenvalue weighted by molar-refractivity contribution is 7.91. The highest BCUT2D eigenvalue weighted by atomic mass is 32.2. The number of hydrogen-bond donors (Lipinski definition) is 0. The minimum atomic E-state index is -3.33. The number of hydrogen-bond acceptors (Lipinski definition) is 8.